The Bertz CT molecular complexity index is 1840. The number of halogens is 1. The van der Waals surface area contributed by atoms with Gasteiger partial charge in [-0.3, -0.25) is 4.79 Å². The van der Waals surface area contributed by atoms with Crippen LogP contribution >= 0.6 is 11.6 Å². The van der Waals surface area contributed by atoms with E-state index in [0.717, 1.165) is 12.1 Å². The summed E-state index contributed by atoms with van der Waals surface area (Å²) in [5.74, 6) is -0.267. The molecule has 6 rings (SSSR count). The number of amides is 1. The van der Waals surface area contributed by atoms with Gasteiger partial charge >= 0.3 is 0 Å². The van der Waals surface area contributed by atoms with E-state index in [1.165, 1.54) is 24.6 Å². The number of rotatable bonds is 14. The number of hydrogen-bond donors (Lipinski definition) is 8. The summed E-state index contributed by atoms with van der Waals surface area (Å²) >= 11 is 6.47. The summed E-state index contributed by atoms with van der Waals surface area (Å²) in [6, 6.07) is 19.1. The second kappa shape index (κ2) is 18.4. The zero-order valence-electron chi connectivity index (χ0n) is 30.3. The van der Waals surface area contributed by atoms with E-state index in [-0.39, 0.29) is 31.3 Å². The number of aromatic hydroxyl groups is 1. The minimum atomic E-state index is -1.49. The predicted molar refractivity (Wildman–Crippen MR) is 199 cm³/mol. The Kier molecular flexibility index (Phi) is 13.6. The van der Waals surface area contributed by atoms with E-state index in [4.69, 9.17) is 35.3 Å². The predicted octanol–water partition coefficient (Wildman–Crippen LogP) is 2.05. The van der Waals surface area contributed by atoms with Crippen molar-refractivity contribution in [2.75, 3.05) is 13.4 Å². The zero-order chi connectivity index (χ0) is 39.2. The Hall–Kier alpha value is -3.90. The fourth-order valence-electron chi connectivity index (χ4n) is 6.76. The maximum Gasteiger partial charge on any atom is 0.247 e. The third-order valence-corrected chi connectivity index (χ3v) is 10.3. The van der Waals surface area contributed by atoms with Gasteiger partial charge in [0.05, 0.1) is 17.7 Å². The van der Waals surface area contributed by atoms with Crippen molar-refractivity contribution in [2.45, 2.75) is 94.7 Å². The molecular weight excluding hydrogens is 736 g/mol. The SMILES string of the molecule is C/C(=C\c1ccc(CO[C@@H]2O[C@H](/C(C)=C/COc3ccc(CNCc4ccccc4)cc3Cl)[C@@H](O)[C@@H]2O)c(O)c1)C(=O)NC1[C@@H](O)[C@@H]2OCO[C@@H]2[C@H](O)[C@H]1O. The monoisotopic (exact) mass is 782 g/mol. The molecule has 3 fully saturated rings. The van der Waals surface area contributed by atoms with Crippen molar-refractivity contribution in [3.05, 3.63) is 111 Å². The van der Waals surface area contributed by atoms with Gasteiger partial charge < -0.3 is 65.0 Å². The highest BCUT2D eigenvalue weighted by atomic mass is 35.5. The first-order valence-corrected chi connectivity index (χ1v) is 18.3. The summed E-state index contributed by atoms with van der Waals surface area (Å²) in [4.78, 5) is 12.9. The normalized spacial score (nSPS) is 29.6. The Labute approximate surface area is 323 Å². The van der Waals surface area contributed by atoms with E-state index in [1.54, 1.807) is 31.2 Å². The molecule has 3 aromatic carbocycles. The first kappa shape index (κ1) is 40.8. The minimum Gasteiger partial charge on any atom is -0.508 e. The van der Waals surface area contributed by atoms with Crippen molar-refractivity contribution in [1.82, 2.24) is 10.6 Å². The molecule has 2 saturated heterocycles. The van der Waals surface area contributed by atoms with E-state index in [2.05, 4.69) is 22.8 Å². The molecule has 0 bridgehead atoms. The van der Waals surface area contributed by atoms with Gasteiger partial charge in [-0.15, -0.1) is 0 Å². The first-order chi connectivity index (χ1) is 26.4. The van der Waals surface area contributed by atoms with Crippen molar-refractivity contribution < 1.29 is 59.1 Å². The van der Waals surface area contributed by atoms with Crippen LogP contribution in [0.25, 0.3) is 6.08 Å². The topological polar surface area (TPSA) is 209 Å². The molecule has 2 heterocycles. The maximum absolute atomic E-state index is 12.9. The van der Waals surface area contributed by atoms with Gasteiger partial charge in [-0.25, -0.2) is 0 Å². The molecule has 3 aromatic rings. The number of nitrogens with one attached hydrogen (secondary N) is 2. The molecule has 55 heavy (non-hydrogen) atoms. The van der Waals surface area contributed by atoms with E-state index in [0.29, 0.717) is 34.0 Å². The molecule has 1 aliphatic carbocycles. The van der Waals surface area contributed by atoms with Crippen molar-refractivity contribution in [3.8, 4) is 11.5 Å². The van der Waals surface area contributed by atoms with Gasteiger partial charge in [-0.05, 0) is 66.5 Å². The van der Waals surface area contributed by atoms with E-state index in [1.807, 2.05) is 30.3 Å². The highest BCUT2D eigenvalue weighted by Crippen LogP contribution is 2.32. The largest absolute Gasteiger partial charge is 0.508 e. The quantitative estimate of drug-likeness (QED) is 0.0872. The number of carbonyl (C=O) groups is 1. The molecule has 0 radical (unpaired) electrons. The fraction of sp³-hybridized carbons (Fsp3) is 0.425. The molecule has 2 aliphatic heterocycles. The standard InChI is InChI=1S/C40H47ClN2O12/c1-21(12-13-51-29-11-9-25(15-27(29)41)18-42-17-23-6-4-3-5-7-23)36-34(48)35(49)40(55-36)52-19-26-10-8-24(16-28(26)44)14-22(2)39(50)43-30-31(45)33(47)38-37(32(30)46)53-20-54-38/h3-12,14-16,30-38,40,42,44-49H,13,17-20H2,1-2H3,(H,43,50)/b21-12+,22-14+/t30?,31-,32+,33+,34-,35-,36+,37-,38+,40+/m0/s1. The van der Waals surface area contributed by atoms with Crippen LogP contribution in [0.3, 0.4) is 0 Å². The number of phenolic OH excluding ortho intramolecular Hbond substituents is 1. The lowest BCUT2D eigenvalue weighted by molar-refractivity contribution is -0.168. The summed E-state index contributed by atoms with van der Waals surface area (Å²) in [5, 5.41) is 70.0. The van der Waals surface area contributed by atoms with Gasteiger partial charge in [-0.1, -0.05) is 60.1 Å². The van der Waals surface area contributed by atoms with E-state index >= 15 is 0 Å². The Morgan fingerprint density at radius 1 is 0.873 bits per heavy atom. The first-order valence-electron chi connectivity index (χ1n) is 18.0. The van der Waals surface area contributed by atoms with Crippen LogP contribution in [-0.2, 0) is 43.4 Å². The highest BCUT2D eigenvalue weighted by molar-refractivity contribution is 6.32. The molecule has 1 unspecified atom stereocenters. The summed E-state index contributed by atoms with van der Waals surface area (Å²) in [6.07, 6.45) is -7.45. The lowest BCUT2D eigenvalue weighted by Crippen LogP contribution is -2.67. The molecule has 296 valence electrons. The average molecular weight is 783 g/mol. The number of aliphatic hydroxyl groups is 5. The maximum atomic E-state index is 12.9. The Balaban J connectivity index is 0.968. The molecule has 1 amide bonds. The lowest BCUT2D eigenvalue weighted by Gasteiger charge is -2.41. The van der Waals surface area contributed by atoms with Gasteiger partial charge in [0, 0.05) is 24.2 Å². The average Bonchev–Trinajstić information content (AvgIpc) is 3.78. The molecule has 15 heteroatoms. The molecule has 14 nitrogen and oxygen atoms in total. The van der Waals surface area contributed by atoms with Gasteiger partial charge in [0.15, 0.2) is 6.29 Å². The highest BCUT2D eigenvalue weighted by Gasteiger charge is 2.53. The Morgan fingerprint density at radius 2 is 1.60 bits per heavy atom. The number of ether oxygens (including phenoxy) is 5. The zero-order valence-corrected chi connectivity index (χ0v) is 31.1. The van der Waals surface area contributed by atoms with Crippen LogP contribution in [-0.4, -0.2) is 111 Å². The van der Waals surface area contributed by atoms with Crippen molar-refractivity contribution in [3.63, 3.8) is 0 Å². The van der Waals surface area contributed by atoms with Crippen LogP contribution in [0.5, 0.6) is 11.5 Å². The minimum absolute atomic E-state index is 0.139. The van der Waals surface area contributed by atoms with Crippen molar-refractivity contribution in [1.29, 1.82) is 0 Å². The van der Waals surface area contributed by atoms with E-state index < -0.39 is 67.1 Å². The molecule has 1 saturated carbocycles. The van der Waals surface area contributed by atoms with E-state index in [9.17, 15) is 35.4 Å². The number of phenols is 1. The van der Waals surface area contributed by atoms with Crippen LogP contribution < -0.4 is 15.4 Å². The van der Waals surface area contributed by atoms with Crippen LogP contribution in [0, 0.1) is 0 Å². The lowest BCUT2D eigenvalue weighted by atomic mass is 9.83. The summed E-state index contributed by atoms with van der Waals surface area (Å²) < 4.78 is 28.0. The van der Waals surface area contributed by atoms with Crippen LogP contribution in [0.2, 0.25) is 5.02 Å². The molecule has 10 atom stereocenters. The molecule has 8 N–H and O–H groups in total. The number of aliphatic hydroxyl groups excluding tert-OH is 5. The molecule has 0 aromatic heterocycles. The third kappa shape index (κ3) is 9.74. The number of benzene rings is 3. The van der Waals surface area contributed by atoms with Crippen LogP contribution in [0.1, 0.15) is 36.1 Å². The molecule has 0 spiro atoms. The Morgan fingerprint density at radius 3 is 2.33 bits per heavy atom. The molecular formula is C40H47ClN2O12. The third-order valence-electron chi connectivity index (χ3n) is 9.97. The number of carbonyl (C=O) groups excluding carboxylic acids is 1. The van der Waals surface area contributed by atoms with Gasteiger partial charge in [0.1, 0.15) is 73.7 Å². The molecule has 3 aliphatic rings. The number of hydrogen-bond acceptors (Lipinski definition) is 13. The van der Waals surface area contributed by atoms with Gasteiger partial charge in [-0.2, -0.15) is 0 Å². The summed E-state index contributed by atoms with van der Waals surface area (Å²) in [6.45, 7) is 4.46. The summed E-state index contributed by atoms with van der Waals surface area (Å²) in [7, 11) is 0. The van der Waals surface area contributed by atoms with Crippen LogP contribution in [0.15, 0.2) is 84.0 Å². The number of fused-ring (bicyclic) bond motifs is 1. The van der Waals surface area contributed by atoms with Gasteiger partial charge in [0.2, 0.25) is 5.91 Å². The van der Waals surface area contributed by atoms with Crippen molar-refractivity contribution >= 4 is 23.6 Å². The van der Waals surface area contributed by atoms with Gasteiger partial charge in [0.25, 0.3) is 0 Å². The second-order valence-electron chi connectivity index (χ2n) is 13.9. The summed E-state index contributed by atoms with van der Waals surface area (Å²) in [5.41, 5.74) is 3.84. The van der Waals surface area contributed by atoms with Crippen LogP contribution in [0.4, 0.5) is 0 Å². The van der Waals surface area contributed by atoms with Crippen molar-refractivity contribution in [2.24, 2.45) is 0 Å². The fourth-order valence-corrected chi connectivity index (χ4v) is 7.02. The second-order valence-corrected chi connectivity index (χ2v) is 14.3. The smallest absolute Gasteiger partial charge is 0.247 e.